The van der Waals surface area contributed by atoms with Gasteiger partial charge in [-0.3, -0.25) is 0 Å². The van der Waals surface area contributed by atoms with E-state index in [1.165, 1.54) is 11.1 Å². The van der Waals surface area contributed by atoms with Gasteiger partial charge in [0, 0.05) is 17.9 Å². The Bertz CT molecular complexity index is 392. The van der Waals surface area contributed by atoms with Gasteiger partial charge in [0.05, 0.1) is 6.10 Å². The molecule has 0 heterocycles. The van der Waals surface area contributed by atoms with E-state index >= 15 is 0 Å². The first-order chi connectivity index (χ1) is 7.16. The highest BCUT2D eigenvalue weighted by atomic mass is 16.4. The highest BCUT2D eigenvalue weighted by Gasteiger charge is 2.45. The fraction of sp³-hybridized carbons (Fsp3) is 0.583. The standard InChI is InChI=1S/C12H14O3/c13-11-5-7-4-10(11)9-3-6(12(14)15)1-2-8(7)9/h1,7,10-11,13H,2-5H2,(H,14,15)/t7-,10-,11-/m1/s1. The van der Waals surface area contributed by atoms with Crippen LogP contribution in [-0.2, 0) is 4.79 Å². The predicted molar refractivity (Wildman–Crippen MR) is 54.2 cm³/mol. The largest absolute Gasteiger partial charge is 0.478 e. The molecule has 2 bridgehead atoms. The zero-order valence-corrected chi connectivity index (χ0v) is 8.44. The van der Waals surface area contributed by atoms with Crippen LogP contribution in [0.4, 0.5) is 0 Å². The van der Waals surface area contributed by atoms with E-state index in [4.69, 9.17) is 5.11 Å². The first-order valence-electron chi connectivity index (χ1n) is 5.49. The monoisotopic (exact) mass is 206 g/mol. The van der Waals surface area contributed by atoms with Gasteiger partial charge in [-0.15, -0.1) is 0 Å². The number of aliphatic carboxylic acids is 1. The highest BCUT2D eigenvalue weighted by molar-refractivity contribution is 5.87. The summed E-state index contributed by atoms with van der Waals surface area (Å²) >= 11 is 0. The maximum atomic E-state index is 10.9. The van der Waals surface area contributed by atoms with E-state index in [2.05, 4.69) is 0 Å². The fourth-order valence-electron chi connectivity index (χ4n) is 3.39. The van der Waals surface area contributed by atoms with Crippen LogP contribution in [0, 0.1) is 11.8 Å². The minimum atomic E-state index is -0.807. The summed E-state index contributed by atoms with van der Waals surface area (Å²) in [6, 6.07) is 0. The number of hydrogen-bond donors (Lipinski definition) is 2. The minimum absolute atomic E-state index is 0.220. The zero-order chi connectivity index (χ0) is 10.6. The molecule has 0 aliphatic heterocycles. The quantitative estimate of drug-likeness (QED) is 0.639. The molecule has 0 aromatic rings. The van der Waals surface area contributed by atoms with Gasteiger partial charge >= 0.3 is 5.97 Å². The van der Waals surface area contributed by atoms with Crippen LogP contribution in [0.3, 0.4) is 0 Å². The molecule has 3 aliphatic carbocycles. The van der Waals surface area contributed by atoms with E-state index in [9.17, 15) is 9.90 Å². The van der Waals surface area contributed by atoms with Crippen LogP contribution in [-0.4, -0.2) is 22.3 Å². The van der Waals surface area contributed by atoms with Crippen molar-refractivity contribution in [3.05, 3.63) is 22.8 Å². The third kappa shape index (κ3) is 1.19. The summed E-state index contributed by atoms with van der Waals surface area (Å²) in [5, 5.41) is 18.7. The van der Waals surface area contributed by atoms with Crippen LogP contribution in [0.15, 0.2) is 22.8 Å². The second kappa shape index (κ2) is 2.95. The molecule has 0 unspecified atom stereocenters. The molecule has 0 saturated heterocycles. The summed E-state index contributed by atoms with van der Waals surface area (Å²) in [5.41, 5.74) is 3.17. The SMILES string of the molecule is O=C(O)C1=CCC2=C(C1)[C@H]1C[C@@H]2C[C@H]1O. The molecule has 15 heavy (non-hydrogen) atoms. The molecule has 80 valence electrons. The van der Waals surface area contributed by atoms with Crippen LogP contribution < -0.4 is 0 Å². The number of carbonyl (C=O) groups is 1. The molecule has 2 N–H and O–H groups in total. The lowest BCUT2D eigenvalue weighted by molar-refractivity contribution is -0.132. The molecule has 0 aromatic heterocycles. The molecule has 0 amide bonds. The van der Waals surface area contributed by atoms with E-state index in [0.29, 0.717) is 17.9 Å². The molecule has 3 nitrogen and oxygen atoms in total. The van der Waals surface area contributed by atoms with Crippen molar-refractivity contribution in [2.45, 2.75) is 31.8 Å². The van der Waals surface area contributed by atoms with Crippen molar-refractivity contribution in [2.75, 3.05) is 0 Å². The Morgan fingerprint density at radius 1 is 1.33 bits per heavy atom. The first-order valence-corrected chi connectivity index (χ1v) is 5.49. The summed E-state index contributed by atoms with van der Waals surface area (Å²) in [6.07, 6.45) is 4.91. The third-order valence-corrected chi connectivity index (χ3v) is 4.11. The van der Waals surface area contributed by atoms with Crippen molar-refractivity contribution in [3.8, 4) is 0 Å². The van der Waals surface area contributed by atoms with Gasteiger partial charge in [-0.05, 0) is 25.2 Å². The summed E-state index contributed by atoms with van der Waals surface area (Å²) in [5.74, 6) is -0.0153. The van der Waals surface area contributed by atoms with Gasteiger partial charge in [-0.1, -0.05) is 17.2 Å². The van der Waals surface area contributed by atoms with Gasteiger partial charge in [-0.2, -0.15) is 0 Å². The van der Waals surface area contributed by atoms with E-state index < -0.39 is 5.97 Å². The summed E-state index contributed by atoms with van der Waals surface area (Å²) in [7, 11) is 0. The van der Waals surface area contributed by atoms with Crippen LogP contribution in [0.2, 0.25) is 0 Å². The Labute approximate surface area is 88.1 Å². The van der Waals surface area contributed by atoms with Gasteiger partial charge in [0.25, 0.3) is 0 Å². The van der Waals surface area contributed by atoms with Gasteiger partial charge in [0.1, 0.15) is 0 Å². The van der Waals surface area contributed by atoms with E-state index in [1.54, 1.807) is 0 Å². The highest BCUT2D eigenvalue weighted by Crippen LogP contribution is 2.53. The smallest absolute Gasteiger partial charge is 0.331 e. The lowest BCUT2D eigenvalue weighted by Crippen LogP contribution is -2.22. The van der Waals surface area contributed by atoms with Crippen molar-refractivity contribution < 1.29 is 15.0 Å². The normalized spacial score (nSPS) is 37.9. The van der Waals surface area contributed by atoms with Crippen LogP contribution in [0.1, 0.15) is 25.7 Å². The topological polar surface area (TPSA) is 57.5 Å². The maximum Gasteiger partial charge on any atom is 0.331 e. The number of aliphatic hydroxyl groups is 1. The Morgan fingerprint density at radius 3 is 2.87 bits per heavy atom. The first kappa shape index (κ1) is 9.16. The number of allylic oxidation sites excluding steroid dienone is 2. The Kier molecular flexibility index (Phi) is 1.80. The number of carboxylic acid groups (broad SMARTS) is 1. The minimum Gasteiger partial charge on any atom is -0.478 e. The molecule has 0 radical (unpaired) electrons. The Balaban J connectivity index is 1.89. The molecular formula is C12H14O3. The van der Waals surface area contributed by atoms with Gasteiger partial charge < -0.3 is 10.2 Å². The van der Waals surface area contributed by atoms with Crippen LogP contribution in [0.5, 0.6) is 0 Å². The van der Waals surface area contributed by atoms with E-state index in [-0.39, 0.29) is 12.0 Å². The van der Waals surface area contributed by atoms with Crippen LogP contribution >= 0.6 is 0 Å². The van der Waals surface area contributed by atoms with Crippen molar-refractivity contribution in [2.24, 2.45) is 11.8 Å². The zero-order valence-electron chi connectivity index (χ0n) is 8.44. The van der Waals surface area contributed by atoms with Crippen molar-refractivity contribution in [3.63, 3.8) is 0 Å². The molecule has 0 spiro atoms. The Morgan fingerprint density at radius 2 is 2.13 bits per heavy atom. The van der Waals surface area contributed by atoms with E-state index in [0.717, 1.165) is 19.3 Å². The summed E-state index contributed by atoms with van der Waals surface area (Å²) < 4.78 is 0. The van der Waals surface area contributed by atoms with Gasteiger partial charge in [-0.25, -0.2) is 4.79 Å². The molecule has 3 atom stereocenters. The second-order valence-corrected chi connectivity index (χ2v) is 4.81. The molecule has 1 fully saturated rings. The molecular weight excluding hydrogens is 192 g/mol. The van der Waals surface area contributed by atoms with Crippen molar-refractivity contribution in [1.82, 2.24) is 0 Å². The fourth-order valence-corrected chi connectivity index (χ4v) is 3.39. The average Bonchev–Trinajstić information content (AvgIpc) is 2.74. The molecule has 1 saturated carbocycles. The number of hydrogen-bond acceptors (Lipinski definition) is 2. The third-order valence-electron chi connectivity index (χ3n) is 4.11. The van der Waals surface area contributed by atoms with Crippen LogP contribution in [0.25, 0.3) is 0 Å². The second-order valence-electron chi connectivity index (χ2n) is 4.81. The van der Waals surface area contributed by atoms with Crippen molar-refractivity contribution >= 4 is 5.97 Å². The summed E-state index contributed by atoms with van der Waals surface area (Å²) in [4.78, 5) is 10.9. The lowest BCUT2D eigenvalue weighted by atomic mass is 9.81. The van der Waals surface area contributed by atoms with Gasteiger partial charge in [0.15, 0.2) is 0 Å². The number of carboxylic acids is 1. The predicted octanol–water partition coefficient (Wildman–Crippen LogP) is 1.49. The molecule has 3 rings (SSSR count). The molecule has 0 aromatic carbocycles. The van der Waals surface area contributed by atoms with Crippen molar-refractivity contribution in [1.29, 1.82) is 0 Å². The average molecular weight is 206 g/mol. The number of aliphatic hydroxyl groups excluding tert-OH is 1. The number of fused-ring (bicyclic) bond motifs is 4. The van der Waals surface area contributed by atoms with E-state index in [1.807, 2.05) is 6.08 Å². The molecule has 3 heteroatoms. The molecule has 3 aliphatic rings. The summed E-state index contributed by atoms with van der Waals surface area (Å²) in [6.45, 7) is 0. The Hall–Kier alpha value is -1.09. The lowest BCUT2D eigenvalue weighted by Gasteiger charge is -2.26. The maximum absolute atomic E-state index is 10.9. The number of rotatable bonds is 1. The van der Waals surface area contributed by atoms with Gasteiger partial charge in [0.2, 0.25) is 0 Å².